The third-order valence-corrected chi connectivity index (χ3v) is 5.56. The standard InChI is InChI=1S/C17H14Br2N2OS/c18-14-5-1-12(2-6-14)11-23-17-20-9-10-21(17)16(22)13-3-7-15(19)8-4-13/h1-8H,9-11H2. The molecule has 2 aromatic rings. The number of amides is 1. The van der Waals surface area contributed by atoms with Crippen LogP contribution in [0.15, 0.2) is 62.5 Å². The SMILES string of the molecule is O=C(c1ccc(Br)cc1)N1CCN=C1SCc1ccc(Br)cc1. The van der Waals surface area contributed by atoms with Crippen LogP contribution in [-0.4, -0.2) is 29.1 Å². The van der Waals surface area contributed by atoms with E-state index >= 15 is 0 Å². The van der Waals surface area contributed by atoms with E-state index in [1.165, 1.54) is 5.56 Å². The molecule has 0 atom stereocenters. The Hall–Kier alpha value is -1.11. The molecule has 3 nitrogen and oxygen atoms in total. The Kier molecular flexibility index (Phi) is 5.56. The highest BCUT2D eigenvalue weighted by Crippen LogP contribution is 2.23. The van der Waals surface area contributed by atoms with Crippen LogP contribution in [0.25, 0.3) is 0 Å². The molecule has 1 heterocycles. The summed E-state index contributed by atoms with van der Waals surface area (Å²) < 4.78 is 2.03. The molecule has 0 spiro atoms. The first-order valence-electron chi connectivity index (χ1n) is 7.12. The van der Waals surface area contributed by atoms with Crippen LogP contribution in [0.4, 0.5) is 0 Å². The minimum Gasteiger partial charge on any atom is -0.286 e. The predicted octanol–water partition coefficient (Wildman–Crippen LogP) is 4.96. The normalized spacial score (nSPS) is 14.0. The predicted molar refractivity (Wildman–Crippen MR) is 103 cm³/mol. The molecule has 3 rings (SSSR count). The van der Waals surface area contributed by atoms with Gasteiger partial charge in [-0.2, -0.15) is 0 Å². The van der Waals surface area contributed by atoms with Crippen LogP contribution >= 0.6 is 43.6 Å². The van der Waals surface area contributed by atoms with Gasteiger partial charge in [0.15, 0.2) is 5.17 Å². The van der Waals surface area contributed by atoms with Crippen molar-refractivity contribution in [2.75, 3.05) is 13.1 Å². The van der Waals surface area contributed by atoms with Crippen molar-refractivity contribution >= 4 is 54.7 Å². The van der Waals surface area contributed by atoms with Crippen molar-refractivity contribution in [2.24, 2.45) is 4.99 Å². The Morgan fingerprint density at radius 3 is 2.30 bits per heavy atom. The van der Waals surface area contributed by atoms with E-state index in [2.05, 4.69) is 49.0 Å². The summed E-state index contributed by atoms with van der Waals surface area (Å²) in [6.45, 7) is 1.32. The number of hydrogen-bond acceptors (Lipinski definition) is 3. The van der Waals surface area contributed by atoms with Gasteiger partial charge in [-0.05, 0) is 42.0 Å². The van der Waals surface area contributed by atoms with Gasteiger partial charge in [0.05, 0.1) is 6.54 Å². The van der Waals surface area contributed by atoms with E-state index in [9.17, 15) is 4.79 Å². The summed E-state index contributed by atoms with van der Waals surface area (Å²) in [6, 6.07) is 15.6. The summed E-state index contributed by atoms with van der Waals surface area (Å²) >= 11 is 8.43. The molecule has 2 aromatic carbocycles. The van der Waals surface area contributed by atoms with E-state index in [1.54, 1.807) is 16.7 Å². The van der Waals surface area contributed by atoms with E-state index in [0.717, 1.165) is 19.9 Å². The maximum Gasteiger partial charge on any atom is 0.259 e. The lowest BCUT2D eigenvalue weighted by Gasteiger charge is -2.18. The van der Waals surface area contributed by atoms with Gasteiger partial charge < -0.3 is 0 Å². The minimum atomic E-state index is 0.0112. The molecule has 0 fully saturated rings. The fourth-order valence-corrected chi connectivity index (χ4v) is 3.74. The highest BCUT2D eigenvalue weighted by atomic mass is 79.9. The molecule has 1 amide bonds. The van der Waals surface area contributed by atoms with E-state index in [0.29, 0.717) is 18.7 Å². The Morgan fingerprint density at radius 2 is 1.65 bits per heavy atom. The monoisotopic (exact) mass is 452 g/mol. The molecule has 0 radical (unpaired) electrons. The number of carbonyl (C=O) groups excluding carboxylic acids is 1. The summed E-state index contributed by atoms with van der Waals surface area (Å²) in [5.41, 5.74) is 1.90. The zero-order chi connectivity index (χ0) is 16.2. The molecule has 118 valence electrons. The molecule has 6 heteroatoms. The van der Waals surface area contributed by atoms with Crippen molar-refractivity contribution in [3.8, 4) is 0 Å². The zero-order valence-electron chi connectivity index (χ0n) is 12.2. The van der Waals surface area contributed by atoms with Crippen LogP contribution in [-0.2, 0) is 5.75 Å². The number of benzene rings is 2. The van der Waals surface area contributed by atoms with E-state index in [4.69, 9.17) is 0 Å². The number of carbonyl (C=O) groups is 1. The lowest BCUT2D eigenvalue weighted by Crippen LogP contribution is -2.32. The van der Waals surface area contributed by atoms with E-state index < -0.39 is 0 Å². The zero-order valence-corrected chi connectivity index (χ0v) is 16.2. The van der Waals surface area contributed by atoms with Gasteiger partial charge in [-0.25, -0.2) is 0 Å². The summed E-state index contributed by atoms with van der Waals surface area (Å²) in [5, 5.41) is 0.806. The topological polar surface area (TPSA) is 32.7 Å². The second-order valence-corrected chi connectivity index (χ2v) is 7.82. The largest absolute Gasteiger partial charge is 0.286 e. The van der Waals surface area contributed by atoms with Gasteiger partial charge in [-0.1, -0.05) is 55.8 Å². The molecule has 0 unspecified atom stereocenters. The maximum atomic E-state index is 12.6. The van der Waals surface area contributed by atoms with Crippen molar-refractivity contribution in [1.29, 1.82) is 0 Å². The summed E-state index contributed by atoms with van der Waals surface area (Å²) in [5.74, 6) is 0.813. The molecule has 0 aromatic heterocycles. The number of halogens is 2. The summed E-state index contributed by atoms with van der Waals surface area (Å²) in [6.07, 6.45) is 0. The molecule has 1 aliphatic rings. The maximum absolute atomic E-state index is 12.6. The second-order valence-electron chi connectivity index (χ2n) is 5.04. The molecule has 0 N–H and O–H groups in total. The molecular weight excluding hydrogens is 440 g/mol. The fraction of sp³-hybridized carbons (Fsp3) is 0.176. The van der Waals surface area contributed by atoms with Crippen LogP contribution in [0.5, 0.6) is 0 Å². The van der Waals surface area contributed by atoms with Crippen molar-refractivity contribution in [1.82, 2.24) is 4.90 Å². The van der Waals surface area contributed by atoms with Crippen molar-refractivity contribution in [3.05, 3.63) is 68.6 Å². The number of aliphatic imine (C=N–C) groups is 1. The van der Waals surface area contributed by atoms with Crippen molar-refractivity contribution in [3.63, 3.8) is 0 Å². The Morgan fingerprint density at radius 1 is 1.04 bits per heavy atom. The number of hydrogen-bond donors (Lipinski definition) is 0. The van der Waals surface area contributed by atoms with E-state index in [1.807, 2.05) is 36.4 Å². The van der Waals surface area contributed by atoms with Crippen LogP contribution in [0.2, 0.25) is 0 Å². The molecule has 1 aliphatic heterocycles. The highest BCUT2D eigenvalue weighted by Gasteiger charge is 2.25. The average molecular weight is 454 g/mol. The Labute approximate surface area is 156 Å². The quantitative estimate of drug-likeness (QED) is 0.658. The highest BCUT2D eigenvalue weighted by molar-refractivity contribution is 9.10. The fourth-order valence-electron chi connectivity index (χ4n) is 2.22. The first-order chi connectivity index (χ1) is 11.1. The van der Waals surface area contributed by atoms with Crippen molar-refractivity contribution < 1.29 is 4.79 Å². The first-order valence-corrected chi connectivity index (χ1v) is 9.70. The van der Waals surface area contributed by atoms with Gasteiger partial charge in [0.1, 0.15) is 0 Å². The Balaban J connectivity index is 1.66. The lowest BCUT2D eigenvalue weighted by molar-refractivity contribution is 0.0860. The third-order valence-electron chi connectivity index (χ3n) is 3.42. The van der Waals surface area contributed by atoms with Crippen molar-refractivity contribution in [2.45, 2.75) is 5.75 Å². The van der Waals surface area contributed by atoms with Gasteiger partial charge in [-0.15, -0.1) is 0 Å². The Bertz CT molecular complexity index is 729. The number of rotatable bonds is 3. The molecule has 23 heavy (non-hydrogen) atoms. The van der Waals surface area contributed by atoms with Gasteiger partial charge in [0.2, 0.25) is 0 Å². The number of amidine groups is 1. The van der Waals surface area contributed by atoms with Crippen LogP contribution < -0.4 is 0 Å². The molecule has 0 saturated carbocycles. The van der Waals surface area contributed by atoms with Crippen LogP contribution in [0, 0.1) is 0 Å². The van der Waals surface area contributed by atoms with E-state index in [-0.39, 0.29) is 5.91 Å². The van der Waals surface area contributed by atoms with Gasteiger partial charge in [-0.3, -0.25) is 14.7 Å². The average Bonchev–Trinajstić information content (AvgIpc) is 3.03. The summed E-state index contributed by atoms with van der Waals surface area (Å²) in [7, 11) is 0. The van der Waals surface area contributed by atoms with Crippen LogP contribution in [0.1, 0.15) is 15.9 Å². The second kappa shape index (κ2) is 7.64. The van der Waals surface area contributed by atoms with Gasteiger partial charge >= 0.3 is 0 Å². The van der Waals surface area contributed by atoms with Gasteiger partial charge in [0.25, 0.3) is 5.91 Å². The van der Waals surface area contributed by atoms with Gasteiger partial charge in [0, 0.05) is 26.8 Å². The molecule has 0 aliphatic carbocycles. The smallest absolute Gasteiger partial charge is 0.259 e. The van der Waals surface area contributed by atoms with Crippen LogP contribution in [0.3, 0.4) is 0 Å². The number of nitrogens with zero attached hydrogens (tertiary/aromatic N) is 2. The minimum absolute atomic E-state index is 0.0112. The first kappa shape index (κ1) is 16.7. The third kappa shape index (κ3) is 4.25. The molecule has 0 bridgehead atoms. The number of thioether (sulfide) groups is 1. The molecular formula is C17H14Br2N2OS. The summed E-state index contributed by atoms with van der Waals surface area (Å²) in [4.78, 5) is 18.9. The lowest BCUT2D eigenvalue weighted by atomic mass is 10.2. The molecule has 0 saturated heterocycles.